The topological polar surface area (TPSA) is 85.3 Å². The predicted molar refractivity (Wildman–Crippen MR) is 76.8 cm³/mol. The second-order valence-corrected chi connectivity index (χ2v) is 4.74. The van der Waals surface area contributed by atoms with Crippen molar-refractivity contribution in [1.82, 2.24) is 14.6 Å². The number of fused-ring (bicyclic) bond motifs is 1. The van der Waals surface area contributed by atoms with Crippen LogP contribution in [0.2, 0.25) is 0 Å². The first-order chi connectivity index (χ1) is 10.8. The second kappa shape index (κ2) is 5.27. The van der Waals surface area contributed by atoms with Gasteiger partial charge < -0.3 is 11.1 Å². The summed E-state index contributed by atoms with van der Waals surface area (Å²) in [7, 11) is 0. The van der Waals surface area contributed by atoms with Gasteiger partial charge in [0.25, 0.3) is 5.91 Å². The lowest BCUT2D eigenvalue weighted by Crippen LogP contribution is -2.15. The second-order valence-electron chi connectivity index (χ2n) is 4.74. The number of nitrogens with two attached hydrogens (primary N) is 1. The van der Waals surface area contributed by atoms with E-state index < -0.39 is 17.9 Å². The van der Waals surface area contributed by atoms with Crippen molar-refractivity contribution in [2.24, 2.45) is 0 Å². The number of amides is 1. The Kier molecular flexibility index (Phi) is 3.40. The van der Waals surface area contributed by atoms with Gasteiger partial charge in [-0.1, -0.05) is 0 Å². The van der Waals surface area contributed by atoms with E-state index in [1.807, 2.05) is 0 Å². The van der Waals surface area contributed by atoms with Crippen LogP contribution in [0.3, 0.4) is 0 Å². The van der Waals surface area contributed by atoms with Crippen LogP contribution < -0.4 is 11.1 Å². The number of carbonyl (C=O) groups is 1. The zero-order valence-electron chi connectivity index (χ0n) is 11.5. The molecule has 23 heavy (non-hydrogen) atoms. The predicted octanol–water partition coefficient (Wildman–Crippen LogP) is 2.58. The number of aromatic nitrogens is 3. The van der Waals surface area contributed by atoms with E-state index >= 15 is 0 Å². The number of rotatable bonds is 2. The Morgan fingerprint density at radius 3 is 2.43 bits per heavy atom. The minimum Gasteiger partial charge on any atom is -0.399 e. The number of benzene rings is 1. The Morgan fingerprint density at radius 1 is 1.09 bits per heavy atom. The lowest BCUT2D eigenvalue weighted by Gasteiger charge is -2.07. The summed E-state index contributed by atoms with van der Waals surface area (Å²) in [6.45, 7) is 0. The molecule has 0 aliphatic rings. The maximum Gasteiger partial charge on any atom is 0.452 e. The molecule has 3 rings (SSSR count). The van der Waals surface area contributed by atoms with Crippen LogP contribution in [-0.2, 0) is 6.18 Å². The summed E-state index contributed by atoms with van der Waals surface area (Å²) in [6, 6.07) is 9.04. The van der Waals surface area contributed by atoms with Crippen molar-refractivity contribution in [3.8, 4) is 0 Å². The quantitative estimate of drug-likeness (QED) is 0.710. The molecule has 0 unspecified atom stereocenters. The lowest BCUT2D eigenvalue weighted by molar-refractivity contribution is -0.145. The number of pyridine rings is 1. The van der Waals surface area contributed by atoms with E-state index in [0.717, 1.165) is 10.6 Å². The molecule has 1 amide bonds. The Balaban J connectivity index is 1.93. The average molecular weight is 321 g/mol. The first-order valence-electron chi connectivity index (χ1n) is 6.43. The molecule has 0 spiro atoms. The molecular weight excluding hydrogens is 311 g/mol. The number of nitrogens with zero attached hydrogens (tertiary/aromatic N) is 3. The first kappa shape index (κ1) is 14.8. The number of halogens is 3. The van der Waals surface area contributed by atoms with Crippen LogP contribution >= 0.6 is 0 Å². The van der Waals surface area contributed by atoms with Gasteiger partial charge in [-0.05, 0) is 36.4 Å². The molecule has 3 aromatic rings. The van der Waals surface area contributed by atoms with Gasteiger partial charge in [-0.25, -0.2) is 0 Å². The minimum atomic E-state index is -4.66. The summed E-state index contributed by atoms with van der Waals surface area (Å²) < 4.78 is 39.2. The highest BCUT2D eigenvalue weighted by Gasteiger charge is 2.37. The average Bonchev–Trinajstić information content (AvgIpc) is 2.92. The highest BCUT2D eigenvalue weighted by atomic mass is 19.4. The minimum absolute atomic E-state index is 0.00126. The van der Waals surface area contributed by atoms with Gasteiger partial charge in [0.2, 0.25) is 5.82 Å². The number of carbonyl (C=O) groups excluding carboxylic acids is 1. The van der Waals surface area contributed by atoms with Gasteiger partial charge in [0.1, 0.15) is 0 Å². The molecule has 2 heterocycles. The molecule has 2 aromatic heterocycles. The molecular formula is C14H10F3N5O. The standard InChI is InChI=1S/C14H10F3N5O/c15-14(16,17)13-21-20-11-6-1-8(7-22(11)13)12(23)19-10-4-2-9(18)3-5-10/h1-7H,18H2,(H,19,23). The third-order valence-electron chi connectivity index (χ3n) is 3.09. The van der Waals surface area contributed by atoms with Crippen molar-refractivity contribution in [3.05, 3.63) is 54.0 Å². The normalized spacial score (nSPS) is 11.6. The van der Waals surface area contributed by atoms with Crippen LogP contribution in [0.1, 0.15) is 16.2 Å². The van der Waals surface area contributed by atoms with E-state index in [-0.39, 0.29) is 11.2 Å². The molecule has 6 nitrogen and oxygen atoms in total. The summed E-state index contributed by atoms with van der Waals surface area (Å²) in [5.41, 5.74) is 6.59. The Labute approximate surface area is 127 Å². The molecule has 9 heteroatoms. The zero-order chi connectivity index (χ0) is 16.6. The van der Waals surface area contributed by atoms with Crippen LogP contribution in [0.25, 0.3) is 5.65 Å². The van der Waals surface area contributed by atoms with E-state index in [1.165, 1.54) is 12.1 Å². The summed E-state index contributed by atoms with van der Waals surface area (Å²) in [6.07, 6.45) is -3.61. The molecule has 3 N–H and O–H groups in total. The van der Waals surface area contributed by atoms with Crippen LogP contribution in [0.4, 0.5) is 24.5 Å². The molecule has 0 saturated heterocycles. The third-order valence-corrected chi connectivity index (χ3v) is 3.09. The van der Waals surface area contributed by atoms with Crippen molar-refractivity contribution in [2.75, 3.05) is 11.1 Å². The molecule has 118 valence electrons. The molecule has 0 aliphatic heterocycles. The number of nitrogen functional groups attached to an aromatic ring is 1. The number of anilines is 2. The first-order valence-corrected chi connectivity index (χ1v) is 6.43. The van der Waals surface area contributed by atoms with E-state index in [4.69, 9.17) is 5.73 Å². The fourth-order valence-corrected chi connectivity index (χ4v) is 1.99. The van der Waals surface area contributed by atoms with Crippen molar-refractivity contribution in [3.63, 3.8) is 0 Å². The SMILES string of the molecule is Nc1ccc(NC(=O)c2ccc3nnc(C(F)(F)F)n3c2)cc1. The van der Waals surface area contributed by atoms with Gasteiger partial charge in [-0.3, -0.25) is 9.20 Å². The smallest absolute Gasteiger partial charge is 0.399 e. The number of hydrogen-bond acceptors (Lipinski definition) is 4. The van der Waals surface area contributed by atoms with Gasteiger partial charge in [-0.15, -0.1) is 10.2 Å². The fraction of sp³-hybridized carbons (Fsp3) is 0.0714. The Morgan fingerprint density at radius 2 is 1.78 bits per heavy atom. The van der Waals surface area contributed by atoms with Gasteiger partial charge in [0.05, 0.1) is 5.56 Å². The van der Waals surface area contributed by atoms with Gasteiger partial charge in [0, 0.05) is 17.6 Å². The van der Waals surface area contributed by atoms with Crippen LogP contribution in [-0.4, -0.2) is 20.5 Å². The summed E-state index contributed by atoms with van der Waals surface area (Å²) in [5, 5.41) is 9.10. The van der Waals surface area contributed by atoms with E-state index in [2.05, 4.69) is 15.5 Å². The molecule has 1 aromatic carbocycles. The van der Waals surface area contributed by atoms with Crippen LogP contribution in [0.15, 0.2) is 42.6 Å². The monoisotopic (exact) mass is 321 g/mol. The van der Waals surface area contributed by atoms with Crippen molar-refractivity contribution < 1.29 is 18.0 Å². The number of alkyl halides is 3. The molecule has 0 bridgehead atoms. The maximum absolute atomic E-state index is 12.8. The fourth-order valence-electron chi connectivity index (χ4n) is 1.99. The largest absolute Gasteiger partial charge is 0.452 e. The van der Waals surface area contributed by atoms with Gasteiger partial charge >= 0.3 is 6.18 Å². The number of nitrogens with one attached hydrogen (secondary N) is 1. The maximum atomic E-state index is 12.8. The Hall–Kier alpha value is -3.10. The number of hydrogen-bond donors (Lipinski definition) is 2. The van der Waals surface area contributed by atoms with Crippen LogP contribution in [0, 0.1) is 0 Å². The third kappa shape index (κ3) is 2.93. The Bertz CT molecular complexity index is 870. The molecule has 0 fully saturated rings. The summed E-state index contributed by atoms with van der Waals surface area (Å²) in [5.74, 6) is -1.74. The highest BCUT2D eigenvalue weighted by molar-refractivity contribution is 6.04. The summed E-state index contributed by atoms with van der Waals surface area (Å²) >= 11 is 0. The van der Waals surface area contributed by atoms with Crippen molar-refractivity contribution in [2.45, 2.75) is 6.18 Å². The van der Waals surface area contributed by atoms with Gasteiger partial charge in [0.15, 0.2) is 5.65 Å². The van der Waals surface area contributed by atoms with E-state index in [1.54, 1.807) is 24.3 Å². The zero-order valence-corrected chi connectivity index (χ0v) is 11.5. The molecule has 0 atom stereocenters. The van der Waals surface area contributed by atoms with Crippen molar-refractivity contribution >= 4 is 22.9 Å². The van der Waals surface area contributed by atoms with E-state index in [9.17, 15) is 18.0 Å². The lowest BCUT2D eigenvalue weighted by atomic mass is 10.2. The van der Waals surface area contributed by atoms with E-state index in [0.29, 0.717) is 11.4 Å². The molecule has 0 aliphatic carbocycles. The highest BCUT2D eigenvalue weighted by Crippen LogP contribution is 2.28. The summed E-state index contributed by atoms with van der Waals surface area (Å²) in [4.78, 5) is 12.1. The molecule has 0 radical (unpaired) electrons. The molecule has 0 saturated carbocycles. The van der Waals surface area contributed by atoms with Crippen LogP contribution in [0.5, 0.6) is 0 Å². The van der Waals surface area contributed by atoms with Gasteiger partial charge in [-0.2, -0.15) is 13.2 Å². The van der Waals surface area contributed by atoms with Crippen molar-refractivity contribution in [1.29, 1.82) is 0 Å².